The zero-order valence-corrected chi connectivity index (χ0v) is 17.2. The smallest absolute Gasteiger partial charge is 0.254 e. The Hall–Kier alpha value is -2.79. The van der Waals surface area contributed by atoms with E-state index >= 15 is 0 Å². The van der Waals surface area contributed by atoms with Gasteiger partial charge in [-0.3, -0.25) is 4.79 Å². The normalized spacial score (nSPS) is 11.7. The number of hydrogen-bond donors (Lipinski definition) is 0. The van der Waals surface area contributed by atoms with E-state index in [1.807, 2.05) is 53.4 Å². The summed E-state index contributed by atoms with van der Waals surface area (Å²) in [7, 11) is 3.26. The largest absolute Gasteiger partial charge is 0.497 e. The van der Waals surface area contributed by atoms with Gasteiger partial charge in [-0.2, -0.15) is 0 Å². The first-order chi connectivity index (χ1) is 13.6. The molecule has 0 radical (unpaired) electrons. The lowest BCUT2D eigenvalue weighted by molar-refractivity contribution is 0.0675. The molecular formula is C23H25NO3S. The van der Waals surface area contributed by atoms with Gasteiger partial charge in [-0.15, -0.1) is 11.3 Å². The molecule has 146 valence electrons. The number of amides is 1. The molecule has 0 bridgehead atoms. The van der Waals surface area contributed by atoms with Crippen LogP contribution in [0.2, 0.25) is 0 Å². The van der Waals surface area contributed by atoms with Gasteiger partial charge in [-0.1, -0.05) is 24.3 Å². The Bertz CT molecular complexity index is 890. The van der Waals surface area contributed by atoms with Gasteiger partial charge in [-0.05, 0) is 54.3 Å². The number of ether oxygens (including phenoxy) is 2. The lowest BCUT2D eigenvalue weighted by Gasteiger charge is -2.29. The van der Waals surface area contributed by atoms with Crippen LogP contribution in [0.3, 0.4) is 0 Å². The van der Waals surface area contributed by atoms with Crippen LogP contribution in [0.15, 0.2) is 66.0 Å². The highest BCUT2D eigenvalue weighted by molar-refractivity contribution is 7.09. The molecule has 0 unspecified atom stereocenters. The summed E-state index contributed by atoms with van der Waals surface area (Å²) in [4.78, 5) is 16.6. The Balaban J connectivity index is 1.86. The van der Waals surface area contributed by atoms with E-state index in [0.29, 0.717) is 17.9 Å². The summed E-state index contributed by atoms with van der Waals surface area (Å²) >= 11 is 1.72. The average Bonchev–Trinajstić information content (AvgIpc) is 3.25. The number of benzene rings is 2. The summed E-state index contributed by atoms with van der Waals surface area (Å²) in [6.07, 6.45) is 0.823. The van der Waals surface area contributed by atoms with E-state index < -0.39 is 0 Å². The monoisotopic (exact) mass is 395 g/mol. The molecule has 0 spiro atoms. The molecule has 0 N–H and O–H groups in total. The molecule has 0 saturated carbocycles. The van der Waals surface area contributed by atoms with Crippen molar-refractivity contribution in [2.45, 2.75) is 25.9 Å². The first-order valence-electron chi connectivity index (χ1n) is 9.21. The van der Waals surface area contributed by atoms with Crippen molar-refractivity contribution in [3.63, 3.8) is 0 Å². The van der Waals surface area contributed by atoms with E-state index in [1.165, 1.54) is 4.88 Å². The molecule has 0 aliphatic carbocycles. The summed E-state index contributed by atoms with van der Waals surface area (Å²) in [5.74, 6) is 1.49. The Kier molecular flexibility index (Phi) is 6.71. The quantitative estimate of drug-likeness (QED) is 0.536. The molecule has 3 rings (SSSR count). The van der Waals surface area contributed by atoms with Crippen LogP contribution in [-0.4, -0.2) is 31.1 Å². The molecule has 2 aromatic carbocycles. The number of hydrogen-bond acceptors (Lipinski definition) is 4. The summed E-state index contributed by atoms with van der Waals surface area (Å²) in [6.45, 7) is 2.63. The number of carbonyl (C=O) groups is 1. The molecule has 0 aliphatic rings. The van der Waals surface area contributed by atoms with Crippen molar-refractivity contribution in [3.8, 4) is 11.5 Å². The fourth-order valence-corrected chi connectivity index (χ4v) is 3.93. The molecule has 0 aliphatic heterocycles. The zero-order chi connectivity index (χ0) is 19.9. The minimum Gasteiger partial charge on any atom is -0.497 e. The van der Waals surface area contributed by atoms with E-state index in [0.717, 1.165) is 17.7 Å². The predicted molar refractivity (Wildman–Crippen MR) is 113 cm³/mol. The van der Waals surface area contributed by atoms with Gasteiger partial charge in [0.1, 0.15) is 11.5 Å². The summed E-state index contributed by atoms with van der Waals surface area (Å²) < 4.78 is 10.5. The molecule has 1 heterocycles. The van der Waals surface area contributed by atoms with Gasteiger partial charge in [-0.25, -0.2) is 0 Å². The maximum atomic E-state index is 13.4. The molecule has 1 aromatic heterocycles. The van der Waals surface area contributed by atoms with Crippen molar-refractivity contribution in [3.05, 3.63) is 82.0 Å². The Morgan fingerprint density at radius 3 is 2.39 bits per heavy atom. The average molecular weight is 396 g/mol. The molecule has 0 fully saturated rings. The van der Waals surface area contributed by atoms with Crippen LogP contribution in [-0.2, 0) is 13.0 Å². The predicted octanol–water partition coefficient (Wildman–Crippen LogP) is 5.04. The van der Waals surface area contributed by atoms with Crippen molar-refractivity contribution in [2.75, 3.05) is 14.2 Å². The van der Waals surface area contributed by atoms with Gasteiger partial charge in [0.15, 0.2) is 0 Å². The molecule has 28 heavy (non-hydrogen) atoms. The van der Waals surface area contributed by atoms with E-state index in [1.54, 1.807) is 31.6 Å². The minimum absolute atomic E-state index is 0.00114. The van der Waals surface area contributed by atoms with Gasteiger partial charge in [0.25, 0.3) is 5.91 Å². The SMILES string of the molecule is COc1ccc(CN(C(=O)c2cccc(OC)c2)[C@@H](C)Cc2cccs2)cc1. The highest BCUT2D eigenvalue weighted by Gasteiger charge is 2.23. The fourth-order valence-electron chi connectivity index (χ4n) is 3.11. The van der Waals surface area contributed by atoms with E-state index in [2.05, 4.69) is 18.4 Å². The first kappa shape index (κ1) is 20.0. The molecule has 1 atom stereocenters. The third-order valence-electron chi connectivity index (χ3n) is 4.70. The molecule has 0 saturated heterocycles. The summed E-state index contributed by atoms with van der Waals surface area (Å²) in [6, 6.07) is 19.4. The second kappa shape index (κ2) is 9.42. The minimum atomic E-state index is -0.00114. The van der Waals surface area contributed by atoms with Crippen LogP contribution in [0.5, 0.6) is 11.5 Å². The van der Waals surface area contributed by atoms with Crippen LogP contribution >= 0.6 is 11.3 Å². The van der Waals surface area contributed by atoms with Gasteiger partial charge in [0.05, 0.1) is 14.2 Å². The number of methoxy groups -OCH3 is 2. The highest BCUT2D eigenvalue weighted by atomic mass is 32.1. The Morgan fingerprint density at radius 1 is 1.00 bits per heavy atom. The van der Waals surface area contributed by atoms with Gasteiger partial charge >= 0.3 is 0 Å². The maximum Gasteiger partial charge on any atom is 0.254 e. The number of thiophene rings is 1. The van der Waals surface area contributed by atoms with Crippen LogP contribution in [0, 0.1) is 0 Å². The standard InChI is InChI=1S/C23H25NO3S/c1-17(14-22-8-5-13-28-22)24(16-18-9-11-20(26-2)12-10-18)23(25)19-6-4-7-21(15-19)27-3/h4-13,15,17H,14,16H2,1-3H3/t17-/m0/s1. The van der Waals surface area contributed by atoms with Gasteiger partial charge in [0, 0.05) is 29.4 Å². The van der Waals surface area contributed by atoms with Crippen molar-refractivity contribution in [1.82, 2.24) is 4.90 Å². The second-order valence-corrected chi connectivity index (χ2v) is 7.68. The van der Waals surface area contributed by atoms with Crippen molar-refractivity contribution in [1.29, 1.82) is 0 Å². The maximum absolute atomic E-state index is 13.4. The van der Waals surface area contributed by atoms with E-state index in [4.69, 9.17) is 9.47 Å². The Labute approximate surface area is 170 Å². The van der Waals surface area contributed by atoms with Crippen LogP contribution in [0.25, 0.3) is 0 Å². The van der Waals surface area contributed by atoms with Gasteiger partial charge in [0.2, 0.25) is 0 Å². The lowest BCUT2D eigenvalue weighted by Crippen LogP contribution is -2.39. The third-order valence-corrected chi connectivity index (χ3v) is 5.60. The molecule has 5 heteroatoms. The van der Waals surface area contributed by atoms with Crippen molar-refractivity contribution in [2.24, 2.45) is 0 Å². The van der Waals surface area contributed by atoms with E-state index in [-0.39, 0.29) is 11.9 Å². The first-order valence-corrected chi connectivity index (χ1v) is 10.1. The van der Waals surface area contributed by atoms with Gasteiger partial charge < -0.3 is 14.4 Å². The topological polar surface area (TPSA) is 38.8 Å². The number of carbonyl (C=O) groups excluding carboxylic acids is 1. The van der Waals surface area contributed by atoms with Crippen LogP contribution < -0.4 is 9.47 Å². The van der Waals surface area contributed by atoms with Crippen LogP contribution in [0.4, 0.5) is 0 Å². The third kappa shape index (κ3) is 4.93. The fraction of sp³-hybridized carbons (Fsp3) is 0.261. The van der Waals surface area contributed by atoms with Crippen molar-refractivity contribution >= 4 is 17.2 Å². The molecule has 3 aromatic rings. The molecule has 1 amide bonds. The summed E-state index contributed by atoms with van der Waals surface area (Å²) in [5, 5.41) is 2.07. The lowest BCUT2D eigenvalue weighted by atomic mass is 10.1. The molecular weight excluding hydrogens is 370 g/mol. The van der Waals surface area contributed by atoms with Crippen LogP contribution in [0.1, 0.15) is 27.7 Å². The Morgan fingerprint density at radius 2 is 1.75 bits per heavy atom. The van der Waals surface area contributed by atoms with Crippen molar-refractivity contribution < 1.29 is 14.3 Å². The number of rotatable bonds is 8. The second-order valence-electron chi connectivity index (χ2n) is 6.65. The number of nitrogens with zero attached hydrogens (tertiary/aromatic N) is 1. The highest BCUT2D eigenvalue weighted by Crippen LogP contribution is 2.22. The van der Waals surface area contributed by atoms with E-state index in [9.17, 15) is 4.79 Å². The zero-order valence-electron chi connectivity index (χ0n) is 16.4. The summed E-state index contributed by atoms with van der Waals surface area (Å²) in [5.41, 5.74) is 1.70. The molecule has 4 nitrogen and oxygen atoms in total.